The number of pyridine rings is 1. The van der Waals surface area contributed by atoms with Crippen molar-refractivity contribution in [1.29, 1.82) is 0 Å². The van der Waals surface area contributed by atoms with Crippen LogP contribution in [0.2, 0.25) is 0 Å². The van der Waals surface area contributed by atoms with Gasteiger partial charge in [0.15, 0.2) is 5.82 Å². The second-order valence-corrected chi connectivity index (χ2v) is 11.0. The van der Waals surface area contributed by atoms with Gasteiger partial charge in [-0.3, -0.25) is 0 Å². The molecule has 1 saturated carbocycles. The number of ether oxygens (including phenoxy) is 1. The Balaban J connectivity index is 1.30. The van der Waals surface area contributed by atoms with E-state index >= 15 is 0 Å². The first-order valence-electron chi connectivity index (χ1n) is 10.7. The number of hydrogen-bond donors (Lipinski definition) is 1. The summed E-state index contributed by atoms with van der Waals surface area (Å²) < 4.78 is 33.7. The fourth-order valence-electron chi connectivity index (χ4n) is 4.10. The van der Waals surface area contributed by atoms with Gasteiger partial charge in [0.05, 0.1) is 47.1 Å². The maximum absolute atomic E-state index is 12.4. The molecule has 4 aromatic rings. The molecule has 0 unspecified atom stereocenters. The minimum Gasteiger partial charge on any atom is -0.371 e. The van der Waals surface area contributed by atoms with Crippen LogP contribution in [-0.2, 0) is 26.9 Å². The minimum absolute atomic E-state index is 0.218. The van der Waals surface area contributed by atoms with Gasteiger partial charge in [0, 0.05) is 12.3 Å². The standard InChI is InChI=1S/C21H22N8O3S/c1-21(2)12-32-11-19-25-15-9-23-18(7-16(15)29(19)21)26-17-5-6-22-20(27-17)13-8-24-28(10-13)33(30,31)14-3-4-14/h5-10,14H,3-4,11-12H2,1-2H3,(H,22,23,26,27). The summed E-state index contributed by atoms with van der Waals surface area (Å²) in [5.41, 5.74) is 2.08. The number of anilines is 2. The molecule has 0 saturated heterocycles. The second kappa shape index (κ2) is 7.06. The number of nitrogens with zero attached hydrogens (tertiary/aromatic N) is 7. The zero-order valence-corrected chi connectivity index (χ0v) is 18.9. The molecule has 1 N–H and O–H groups in total. The summed E-state index contributed by atoms with van der Waals surface area (Å²) in [6.45, 7) is 5.31. The SMILES string of the molecule is CC1(C)COCc2nc3cnc(Nc4ccnc(-c5cnn(S(=O)(=O)C6CC6)c5)n4)cc3n21. The summed E-state index contributed by atoms with van der Waals surface area (Å²) in [6, 6.07) is 3.67. The van der Waals surface area contributed by atoms with E-state index in [1.54, 1.807) is 18.5 Å². The van der Waals surface area contributed by atoms with E-state index < -0.39 is 10.0 Å². The number of imidazole rings is 1. The largest absolute Gasteiger partial charge is 0.371 e. The monoisotopic (exact) mass is 466 g/mol. The first-order valence-corrected chi connectivity index (χ1v) is 12.2. The van der Waals surface area contributed by atoms with Crippen LogP contribution in [0.15, 0.2) is 36.9 Å². The Morgan fingerprint density at radius 2 is 2.00 bits per heavy atom. The van der Waals surface area contributed by atoms with Crippen LogP contribution >= 0.6 is 0 Å². The smallest absolute Gasteiger partial charge is 0.256 e. The van der Waals surface area contributed by atoms with Crippen molar-refractivity contribution in [1.82, 2.24) is 33.7 Å². The van der Waals surface area contributed by atoms with E-state index in [1.807, 2.05) is 6.07 Å². The van der Waals surface area contributed by atoms with E-state index in [0.717, 1.165) is 20.9 Å². The van der Waals surface area contributed by atoms with Crippen LogP contribution in [0.1, 0.15) is 32.5 Å². The van der Waals surface area contributed by atoms with Crippen molar-refractivity contribution >= 4 is 32.7 Å². The van der Waals surface area contributed by atoms with E-state index in [2.05, 4.69) is 48.8 Å². The van der Waals surface area contributed by atoms with E-state index in [4.69, 9.17) is 4.74 Å². The Morgan fingerprint density at radius 1 is 1.15 bits per heavy atom. The van der Waals surface area contributed by atoms with E-state index in [0.29, 0.717) is 49.1 Å². The number of aromatic nitrogens is 7. The lowest BCUT2D eigenvalue weighted by Crippen LogP contribution is -2.37. The quantitative estimate of drug-likeness (QED) is 0.471. The highest BCUT2D eigenvalue weighted by molar-refractivity contribution is 7.90. The van der Waals surface area contributed by atoms with Crippen molar-refractivity contribution in [2.45, 2.75) is 44.1 Å². The summed E-state index contributed by atoms with van der Waals surface area (Å²) in [7, 11) is -3.44. The Hall–Kier alpha value is -3.38. The van der Waals surface area contributed by atoms with E-state index in [9.17, 15) is 8.42 Å². The summed E-state index contributed by atoms with van der Waals surface area (Å²) in [5, 5.41) is 6.89. The normalized spacial score (nSPS) is 17.8. The molecule has 2 aliphatic rings. The topological polar surface area (TPSA) is 130 Å². The molecule has 0 aromatic carbocycles. The van der Waals surface area contributed by atoms with Crippen molar-refractivity contribution in [3.05, 3.63) is 42.7 Å². The molecule has 170 valence electrons. The highest BCUT2D eigenvalue weighted by Gasteiger charge is 2.37. The summed E-state index contributed by atoms with van der Waals surface area (Å²) >= 11 is 0. The van der Waals surface area contributed by atoms with Crippen LogP contribution in [-0.4, -0.2) is 54.0 Å². The molecule has 0 bridgehead atoms. The van der Waals surface area contributed by atoms with E-state index in [-0.39, 0.29) is 10.8 Å². The number of fused-ring (bicyclic) bond motifs is 3. The van der Waals surface area contributed by atoms with E-state index in [1.165, 1.54) is 12.4 Å². The molecule has 0 atom stereocenters. The molecule has 5 heterocycles. The first kappa shape index (κ1) is 20.2. The van der Waals surface area contributed by atoms with Gasteiger partial charge < -0.3 is 14.6 Å². The maximum Gasteiger partial charge on any atom is 0.256 e. The summed E-state index contributed by atoms with van der Waals surface area (Å²) in [5.74, 6) is 2.40. The lowest BCUT2D eigenvalue weighted by molar-refractivity contribution is 0.0205. The summed E-state index contributed by atoms with van der Waals surface area (Å²) in [4.78, 5) is 17.9. The average Bonchev–Trinajstić information content (AvgIpc) is 3.40. The zero-order valence-electron chi connectivity index (χ0n) is 18.1. The predicted octanol–water partition coefficient (Wildman–Crippen LogP) is 2.43. The third-order valence-electron chi connectivity index (χ3n) is 5.84. The molecule has 0 spiro atoms. The molecule has 1 aliphatic carbocycles. The lowest BCUT2D eigenvalue weighted by atomic mass is 10.1. The van der Waals surface area contributed by atoms with Crippen LogP contribution in [0, 0.1) is 0 Å². The van der Waals surface area contributed by atoms with Gasteiger partial charge in [-0.15, -0.1) is 0 Å². The third-order valence-corrected chi connectivity index (χ3v) is 7.87. The first-order chi connectivity index (χ1) is 15.8. The van der Waals surface area contributed by atoms with Gasteiger partial charge in [0.2, 0.25) is 0 Å². The van der Waals surface area contributed by atoms with Crippen LogP contribution < -0.4 is 5.32 Å². The van der Waals surface area contributed by atoms with Gasteiger partial charge in [0.1, 0.15) is 29.6 Å². The molecule has 1 aliphatic heterocycles. The molecule has 1 fully saturated rings. The van der Waals surface area contributed by atoms with Gasteiger partial charge in [-0.05, 0) is 32.8 Å². The molecule has 12 heteroatoms. The van der Waals surface area contributed by atoms with Crippen molar-refractivity contribution < 1.29 is 13.2 Å². The fourth-order valence-corrected chi connectivity index (χ4v) is 5.58. The Kier molecular flexibility index (Phi) is 4.33. The summed E-state index contributed by atoms with van der Waals surface area (Å²) in [6.07, 6.45) is 7.61. The Morgan fingerprint density at radius 3 is 2.82 bits per heavy atom. The molecule has 11 nitrogen and oxygen atoms in total. The van der Waals surface area contributed by atoms with Gasteiger partial charge in [-0.25, -0.2) is 28.4 Å². The van der Waals surface area contributed by atoms with Crippen LogP contribution in [0.4, 0.5) is 11.6 Å². The molecule has 0 amide bonds. The minimum atomic E-state index is -3.44. The van der Waals surface area contributed by atoms with Crippen molar-refractivity contribution in [3.8, 4) is 11.4 Å². The van der Waals surface area contributed by atoms with Gasteiger partial charge >= 0.3 is 0 Å². The van der Waals surface area contributed by atoms with Gasteiger partial charge in [-0.1, -0.05) is 0 Å². The molecule has 0 radical (unpaired) electrons. The van der Waals surface area contributed by atoms with Crippen LogP contribution in [0.5, 0.6) is 0 Å². The Labute approximate surface area is 189 Å². The molecule has 4 aromatic heterocycles. The lowest BCUT2D eigenvalue weighted by Gasteiger charge is -2.33. The number of nitrogens with one attached hydrogen (secondary N) is 1. The molecule has 33 heavy (non-hydrogen) atoms. The van der Waals surface area contributed by atoms with Crippen molar-refractivity contribution in [3.63, 3.8) is 0 Å². The van der Waals surface area contributed by atoms with Crippen LogP contribution in [0.3, 0.4) is 0 Å². The predicted molar refractivity (Wildman–Crippen MR) is 120 cm³/mol. The second-order valence-electron chi connectivity index (χ2n) is 8.96. The maximum atomic E-state index is 12.4. The molecular formula is C21H22N8O3S. The van der Waals surface area contributed by atoms with Gasteiger partial charge in [-0.2, -0.15) is 9.19 Å². The number of hydrogen-bond acceptors (Lipinski definition) is 9. The highest BCUT2D eigenvalue weighted by Crippen LogP contribution is 2.32. The third kappa shape index (κ3) is 3.45. The van der Waals surface area contributed by atoms with Gasteiger partial charge in [0.25, 0.3) is 10.0 Å². The zero-order chi connectivity index (χ0) is 22.8. The molecule has 6 rings (SSSR count). The number of rotatable bonds is 5. The fraction of sp³-hybridized carbons (Fsp3) is 0.381. The van der Waals surface area contributed by atoms with Crippen molar-refractivity contribution in [2.24, 2.45) is 0 Å². The van der Waals surface area contributed by atoms with Crippen LogP contribution in [0.25, 0.3) is 22.4 Å². The molecular weight excluding hydrogens is 444 g/mol. The average molecular weight is 467 g/mol. The Bertz CT molecular complexity index is 1490. The van der Waals surface area contributed by atoms with Crippen molar-refractivity contribution in [2.75, 3.05) is 11.9 Å². The highest BCUT2D eigenvalue weighted by atomic mass is 32.2.